The number of aromatic carboxylic acids is 1. The molecule has 3 aromatic rings. The van der Waals surface area contributed by atoms with E-state index in [0.717, 1.165) is 23.1 Å². The Labute approximate surface area is 231 Å². The van der Waals surface area contributed by atoms with E-state index in [1.54, 1.807) is 11.3 Å². The predicted octanol–water partition coefficient (Wildman–Crippen LogP) is 2.71. The van der Waals surface area contributed by atoms with E-state index in [9.17, 15) is 37.8 Å². The van der Waals surface area contributed by atoms with Crippen molar-refractivity contribution in [2.45, 2.75) is 29.7 Å². The summed E-state index contributed by atoms with van der Waals surface area (Å²) in [6.07, 6.45) is -0.565. The monoisotopic (exact) mass is 592 g/mol. The van der Waals surface area contributed by atoms with Crippen molar-refractivity contribution >= 4 is 56.8 Å². The number of sulfonamides is 1. The zero-order chi connectivity index (χ0) is 28.6. The quantitative estimate of drug-likeness (QED) is 0.186. The molecule has 39 heavy (non-hydrogen) atoms. The van der Waals surface area contributed by atoms with Gasteiger partial charge in [0.15, 0.2) is 5.78 Å². The van der Waals surface area contributed by atoms with E-state index in [1.165, 1.54) is 36.0 Å². The van der Waals surface area contributed by atoms with Crippen molar-refractivity contribution in [3.05, 3.63) is 81.5 Å². The molecule has 0 saturated heterocycles. The first-order valence-electron chi connectivity index (χ1n) is 11.3. The summed E-state index contributed by atoms with van der Waals surface area (Å²) in [6.45, 7) is -0.185. The van der Waals surface area contributed by atoms with Crippen molar-refractivity contribution in [1.82, 2.24) is 10.0 Å². The van der Waals surface area contributed by atoms with Crippen molar-refractivity contribution in [2.75, 3.05) is 5.75 Å². The van der Waals surface area contributed by atoms with Crippen molar-refractivity contribution in [2.24, 2.45) is 0 Å². The molecule has 0 aliphatic rings. The van der Waals surface area contributed by atoms with E-state index in [1.807, 2.05) is 17.5 Å². The Balaban J connectivity index is 1.59. The number of carbonyl (C=O) groups is 4. The minimum Gasteiger partial charge on any atom is -0.507 e. The van der Waals surface area contributed by atoms with Crippen LogP contribution in [0.4, 0.5) is 0 Å². The van der Waals surface area contributed by atoms with Gasteiger partial charge in [0.1, 0.15) is 11.3 Å². The summed E-state index contributed by atoms with van der Waals surface area (Å²) in [5, 5.41) is 32.2. The highest BCUT2D eigenvalue weighted by atomic mass is 32.2. The highest BCUT2D eigenvalue weighted by molar-refractivity contribution is 7.99. The molecule has 0 saturated carbocycles. The second-order valence-corrected chi connectivity index (χ2v) is 12.0. The zero-order valence-corrected chi connectivity index (χ0v) is 22.6. The summed E-state index contributed by atoms with van der Waals surface area (Å²) in [5.74, 6) is -3.74. The van der Waals surface area contributed by atoms with E-state index >= 15 is 0 Å². The third-order valence-electron chi connectivity index (χ3n) is 5.33. The maximum absolute atomic E-state index is 12.7. The fourth-order valence-electron chi connectivity index (χ4n) is 3.30. The third-order valence-corrected chi connectivity index (χ3v) is 8.79. The largest absolute Gasteiger partial charge is 0.507 e. The van der Waals surface area contributed by atoms with Gasteiger partial charge in [-0.05, 0) is 47.3 Å². The summed E-state index contributed by atoms with van der Waals surface area (Å²) >= 11 is 2.87. The zero-order valence-electron chi connectivity index (χ0n) is 20.2. The molecule has 14 heteroatoms. The van der Waals surface area contributed by atoms with E-state index < -0.39 is 57.4 Å². The Bertz CT molecular complexity index is 1450. The first kappa shape index (κ1) is 29.8. The number of thiophene rings is 1. The molecule has 0 fully saturated rings. The predicted molar refractivity (Wildman–Crippen MR) is 145 cm³/mol. The Morgan fingerprint density at radius 2 is 1.72 bits per heavy atom. The number of rotatable bonds is 14. The molecule has 2 aromatic carbocycles. The van der Waals surface area contributed by atoms with Gasteiger partial charge < -0.3 is 20.6 Å². The van der Waals surface area contributed by atoms with Gasteiger partial charge in [-0.1, -0.05) is 18.2 Å². The summed E-state index contributed by atoms with van der Waals surface area (Å²) in [6, 6.07) is 11.2. The highest BCUT2D eigenvalue weighted by Gasteiger charge is 2.24. The summed E-state index contributed by atoms with van der Waals surface area (Å²) in [4.78, 5) is 48.4. The third kappa shape index (κ3) is 8.64. The molecule has 3 rings (SSSR count). The number of carboxylic acids is 2. The fourth-order valence-corrected chi connectivity index (χ4v) is 6.15. The molecule has 206 valence electrons. The van der Waals surface area contributed by atoms with Crippen LogP contribution in [-0.4, -0.2) is 59.2 Å². The molecule has 0 unspecified atom stereocenters. The number of benzene rings is 2. The standard InChI is InChI=1S/C25H24N2O9S3/c28-21-8-7-18(10-19(21)25(33)34)39(35,36)26-12-15-3-5-16(6-4-15)24(32)27-20(11-23(30)31)22(29)14-37-13-17-2-1-9-38-17/h1-10,20,26,28H,11-14H2,(H,27,32)(H,30,31)(H,33,34)/t20-/m0/s1. The van der Waals surface area contributed by atoms with Gasteiger partial charge in [0.05, 0.1) is 23.1 Å². The number of carboxylic acid groups (broad SMARTS) is 2. The van der Waals surface area contributed by atoms with Crippen molar-refractivity contribution in [3.63, 3.8) is 0 Å². The Morgan fingerprint density at radius 3 is 2.33 bits per heavy atom. The number of aliphatic carboxylic acids is 1. The number of ketones is 1. The van der Waals surface area contributed by atoms with E-state index in [0.29, 0.717) is 11.3 Å². The fraction of sp³-hybridized carbons (Fsp3) is 0.200. The number of hydrogen-bond donors (Lipinski definition) is 5. The van der Waals surface area contributed by atoms with Gasteiger partial charge in [0.2, 0.25) is 10.0 Å². The van der Waals surface area contributed by atoms with Gasteiger partial charge >= 0.3 is 11.9 Å². The molecule has 0 spiro atoms. The van der Waals surface area contributed by atoms with Crippen LogP contribution >= 0.6 is 23.1 Å². The second-order valence-electron chi connectivity index (χ2n) is 8.17. The minimum absolute atomic E-state index is 0.0319. The van der Waals surface area contributed by atoms with Crippen LogP contribution in [0.2, 0.25) is 0 Å². The van der Waals surface area contributed by atoms with Crippen molar-refractivity contribution in [3.8, 4) is 5.75 Å². The molecule has 1 heterocycles. The average Bonchev–Trinajstić information content (AvgIpc) is 3.40. The van der Waals surface area contributed by atoms with Gasteiger partial charge in [-0.3, -0.25) is 14.4 Å². The lowest BCUT2D eigenvalue weighted by molar-refractivity contribution is -0.139. The van der Waals surface area contributed by atoms with Crippen LogP contribution in [0.5, 0.6) is 5.75 Å². The summed E-state index contributed by atoms with van der Waals surface area (Å²) in [7, 11) is -4.12. The van der Waals surface area contributed by atoms with Gasteiger partial charge in [-0.25, -0.2) is 17.9 Å². The normalized spacial score (nSPS) is 12.0. The lowest BCUT2D eigenvalue weighted by Crippen LogP contribution is -2.43. The molecular weight excluding hydrogens is 568 g/mol. The lowest BCUT2D eigenvalue weighted by atomic mass is 10.1. The number of hydrogen-bond acceptors (Lipinski definition) is 9. The molecule has 0 aliphatic carbocycles. The van der Waals surface area contributed by atoms with E-state index in [-0.39, 0.29) is 22.8 Å². The lowest BCUT2D eigenvalue weighted by Gasteiger charge is -2.16. The van der Waals surface area contributed by atoms with Gasteiger partial charge in [-0.2, -0.15) is 0 Å². The van der Waals surface area contributed by atoms with Crippen LogP contribution in [0.15, 0.2) is 64.9 Å². The Hall–Kier alpha value is -3.72. The highest BCUT2D eigenvalue weighted by Crippen LogP contribution is 2.22. The Kier molecular flexibility index (Phi) is 10.2. The number of Topliss-reactive ketones (excluding diaryl/α,β-unsaturated/α-hetero) is 1. The second kappa shape index (κ2) is 13.4. The summed E-state index contributed by atoms with van der Waals surface area (Å²) in [5.41, 5.74) is 0.0465. The number of carbonyl (C=O) groups excluding carboxylic acids is 2. The van der Waals surface area contributed by atoms with Crippen LogP contribution in [-0.2, 0) is 31.9 Å². The molecule has 5 N–H and O–H groups in total. The smallest absolute Gasteiger partial charge is 0.339 e. The Morgan fingerprint density at radius 1 is 1.00 bits per heavy atom. The number of phenols is 1. The van der Waals surface area contributed by atoms with E-state index in [2.05, 4.69) is 10.0 Å². The van der Waals surface area contributed by atoms with Crippen LogP contribution in [0.25, 0.3) is 0 Å². The maximum atomic E-state index is 12.7. The molecule has 0 aliphatic heterocycles. The number of amides is 1. The van der Waals surface area contributed by atoms with Crippen molar-refractivity contribution < 1.29 is 42.9 Å². The van der Waals surface area contributed by atoms with Crippen molar-refractivity contribution in [1.29, 1.82) is 0 Å². The van der Waals surface area contributed by atoms with Gasteiger partial charge in [0.25, 0.3) is 5.91 Å². The SMILES string of the molecule is O=C(O)C[C@H](NC(=O)c1ccc(CNS(=O)(=O)c2ccc(O)c(C(=O)O)c2)cc1)C(=O)CSCc1cccs1. The first-order chi connectivity index (χ1) is 18.5. The summed E-state index contributed by atoms with van der Waals surface area (Å²) < 4.78 is 27.4. The first-order valence-corrected chi connectivity index (χ1v) is 14.8. The van der Waals surface area contributed by atoms with Gasteiger partial charge in [-0.15, -0.1) is 23.1 Å². The molecule has 1 amide bonds. The number of nitrogens with one attached hydrogen (secondary N) is 2. The molecule has 1 aromatic heterocycles. The van der Waals surface area contributed by atoms with Crippen LogP contribution in [0, 0.1) is 0 Å². The topological polar surface area (TPSA) is 187 Å². The van der Waals surface area contributed by atoms with Crippen LogP contribution in [0.3, 0.4) is 0 Å². The molecule has 0 radical (unpaired) electrons. The molecule has 11 nitrogen and oxygen atoms in total. The van der Waals surface area contributed by atoms with Crippen LogP contribution < -0.4 is 10.0 Å². The minimum atomic E-state index is -4.12. The molecule has 0 bridgehead atoms. The number of thioether (sulfide) groups is 1. The van der Waals surface area contributed by atoms with Gasteiger partial charge in [0, 0.05) is 22.7 Å². The average molecular weight is 593 g/mol. The maximum Gasteiger partial charge on any atom is 0.339 e. The molecular formula is C25H24N2O9S3. The molecule has 1 atom stereocenters. The number of aromatic hydroxyl groups is 1. The van der Waals surface area contributed by atoms with Crippen LogP contribution in [0.1, 0.15) is 37.6 Å². The van der Waals surface area contributed by atoms with E-state index in [4.69, 9.17) is 5.11 Å².